The van der Waals surface area contributed by atoms with Crippen molar-refractivity contribution in [3.05, 3.63) is 69.0 Å². The Hall–Kier alpha value is -4.19. The van der Waals surface area contributed by atoms with Gasteiger partial charge in [0.25, 0.3) is 11.6 Å². The fraction of sp³-hybridized carbons (Fsp3) is 0. The summed E-state index contributed by atoms with van der Waals surface area (Å²) in [4.78, 5) is 13.2. The van der Waals surface area contributed by atoms with Crippen LogP contribution in [0.2, 0.25) is 0 Å². The van der Waals surface area contributed by atoms with Crippen LogP contribution >= 0.6 is 12.2 Å². The first kappa shape index (κ1) is 18.2. The number of H-pyrrole nitrogens is 2. The number of hydrogen-bond acceptors (Lipinski definition) is 8. The lowest BCUT2D eigenvalue weighted by molar-refractivity contribution is -0.384. The molecule has 0 aliphatic carbocycles. The number of fused-ring (bicyclic) bond motifs is 1. The molecule has 0 aliphatic rings. The van der Waals surface area contributed by atoms with E-state index < -0.39 is 4.92 Å². The van der Waals surface area contributed by atoms with Crippen LogP contribution in [0.5, 0.6) is 5.88 Å². The van der Waals surface area contributed by atoms with Gasteiger partial charge in [-0.25, -0.2) is 5.10 Å². The summed E-state index contributed by atoms with van der Waals surface area (Å²) in [5.74, 6) is -0.0860. The fourth-order valence-electron chi connectivity index (χ4n) is 2.60. The van der Waals surface area contributed by atoms with Crippen LogP contribution in [0, 0.1) is 14.9 Å². The quantitative estimate of drug-likeness (QED) is 0.148. The zero-order valence-corrected chi connectivity index (χ0v) is 15.4. The first-order valence-electron chi connectivity index (χ1n) is 8.20. The Kier molecular flexibility index (Phi) is 4.66. The molecule has 0 saturated heterocycles. The maximum Gasteiger partial charge on any atom is 0.289 e. The van der Waals surface area contributed by atoms with Crippen LogP contribution in [0.25, 0.3) is 10.9 Å². The van der Waals surface area contributed by atoms with Gasteiger partial charge >= 0.3 is 0 Å². The van der Waals surface area contributed by atoms with Crippen molar-refractivity contribution in [2.24, 2.45) is 15.3 Å². The van der Waals surface area contributed by atoms with Crippen molar-refractivity contribution in [1.29, 1.82) is 0 Å². The number of nitrogens with one attached hydrogen (secondary N) is 2. The van der Waals surface area contributed by atoms with Crippen LogP contribution in [-0.4, -0.2) is 36.1 Å². The van der Waals surface area contributed by atoms with E-state index in [-0.39, 0.29) is 28.0 Å². The van der Waals surface area contributed by atoms with E-state index in [1.807, 2.05) is 12.1 Å². The van der Waals surface area contributed by atoms with E-state index in [9.17, 15) is 15.2 Å². The number of aromatic hydroxyl groups is 1. The average molecular weight is 408 g/mol. The molecule has 0 spiro atoms. The maximum atomic E-state index is 10.9. The SMILES string of the molecule is O=[N+]([O-])c1cccc(/C=N/n2c(N=Nc3c(O)[nH]c4ccccc34)n[nH]c2=S)c1. The molecule has 0 fully saturated rings. The number of aromatic nitrogens is 4. The molecule has 4 aromatic rings. The number of nitro benzene ring substituents is 1. The molecule has 144 valence electrons. The van der Waals surface area contributed by atoms with E-state index in [0.29, 0.717) is 16.5 Å². The van der Waals surface area contributed by atoms with Gasteiger partial charge in [0.2, 0.25) is 10.7 Å². The first-order chi connectivity index (χ1) is 14.0. The Balaban J connectivity index is 1.66. The second-order valence-corrected chi connectivity index (χ2v) is 6.19. The number of non-ortho nitro benzene ring substituents is 1. The summed E-state index contributed by atoms with van der Waals surface area (Å²) in [6, 6.07) is 13.2. The average Bonchev–Trinajstić information content (AvgIpc) is 3.23. The summed E-state index contributed by atoms with van der Waals surface area (Å²) in [7, 11) is 0. The molecule has 3 N–H and O–H groups in total. The molecule has 2 aromatic carbocycles. The van der Waals surface area contributed by atoms with E-state index in [2.05, 4.69) is 30.5 Å². The molecule has 0 bridgehead atoms. The van der Waals surface area contributed by atoms with Crippen molar-refractivity contribution in [3.8, 4) is 5.88 Å². The number of nitrogens with zero attached hydrogens (tertiary/aromatic N) is 6. The van der Waals surface area contributed by atoms with Gasteiger partial charge in [0.05, 0.1) is 16.7 Å². The van der Waals surface area contributed by atoms with Crippen LogP contribution in [0.15, 0.2) is 63.9 Å². The summed E-state index contributed by atoms with van der Waals surface area (Å²) in [6.07, 6.45) is 1.39. The van der Waals surface area contributed by atoms with Crippen molar-refractivity contribution in [2.45, 2.75) is 0 Å². The highest BCUT2D eigenvalue weighted by Gasteiger charge is 2.11. The number of para-hydroxylation sites is 1. The van der Waals surface area contributed by atoms with Gasteiger partial charge in [-0.3, -0.25) is 10.1 Å². The fourth-order valence-corrected chi connectivity index (χ4v) is 2.78. The highest BCUT2D eigenvalue weighted by atomic mass is 32.1. The number of benzene rings is 2. The Labute approximate surface area is 167 Å². The predicted octanol–water partition coefficient (Wildman–Crippen LogP) is 4.33. The van der Waals surface area contributed by atoms with E-state index in [1.54, 1.807) is 24.3 Å². The molecule has 2 heterocycles. The van der Waals surface area contributed by atoms with Gasteiger partial charge in [-0.15, -0.1) is 15.3 Å². The summed E-state index contributed by atoms with van der Waals surface area (Å²) in [5, 5.41) is 40.4. The third-order valence-corrected chi connectivity index (χ3v) is 4.20. The van der Waals surface area contributed by atoms with Crippen LogP contribution in [0.3, 0.4) is 0 Å². The molecular weight excluding hydrogens is 396 g/mol. The molecule has 4 rings (SSSR count). The monoisotopic (exact) mass is 408 g/mol. The summed E-state index contributed by atoms with van der Waals surface area (Å²) in [6.45, 7) is 0. The first-order valence-corrected chi connectivity index (χ1v) is 8.61. The molecule has 0 aliphatic heterocycles. The minimum atomic E-state index is -0.492. The molecule has 0 amide bonds. The Morgan fingerprint density at radius 2 is 2.03 bits per heavy atom. The molecule has 0 atom stereocenters. The second-order valence-electron chi connectivity index (χ2n) is 5.81. The van der Waals surface area contributed by atoms with Crippen molar-refractivity contribution >= 4 is 46.7 Å². The lowest BCUT2D eigenvalue weighted by atomic mass is 10.2. The summed E-state index contributed by atoms with van der Waals surface area (Å²) >= 11 is 5.14. The van der Waals surface area contributed by atoms with Gasteiger partial charge in [0.1, 0.15) is 0 Å². The molecule has 29 heavy (non-hydrogen) atoms. The largest absolute Gasteiger partial charge is 0.493 e. The van der Waals surface area contributed by atoms with Gasteiger partial charge in [-0.05, 0) is 18.3 Å². The molecule has 2 aromatic heterocycles. The Morgan fingerprint density at radius 1 is 1.21 bits per heavy atom. The van der Waals surface area contributed by atoms with E-state index in [1.165, 1.54) is 23.0 Å². The third kappa shape index (κ3) is 3.64. The minimum absolute atomic E-state index is 0.0429. The van der Waals surface area contributed by atoms with Gasteiger partial charge in [0.15, 0.2) is 5.69 Å². The lowest BCUT2D eigenvalue weighted by Crippen LogP contribution is -1.92. The molecule has 11 nitrogen and oxygen atoms in total. The molecular formula is C17H12N8O3S. The number of aromatic amines is 2. The number of hydrogen-bond donors (Lipinski definition) is 3. The van der Waals surface area contributed by atoms with Gasteiger partial charge in [-0.2, -0.15) is 9.78 Å². The molecule has 0 saturated carbocycles. The number of nitro groups is 1. The van der Waals surface area contributed by atoms with Gasteiger partial charge < -0.3 is 10.1 Å². The Bertz CT molecular complexity index is 1330. The molecule has 0 unspecified atom stereocenters. The summed E-state index contributed by atoms with van der Waals surface area (Å²) < 4.78 is 1.37. The topological polar surface area (TPSA) is 150 Å². The van der Waals surface area contributed by atoms with Crippen molar-refractivity contribution in [3.63, 3.8) is 0 Å². The molecule has 0 radical (unpaired) electrons. The van der Waals surface area contributed by atoms with Crippen LogP contribution < -0.4 is 0 Å². The van der Waals surface area contributed by atoms with E-state index in [0.717, 1.165) is 0 Å². The maximum absolute atomic E-state index is 10.9. The predicted molar refractivity (Wildman–Crippen MR) is 108 cm³/mol. The standard InChI is InChI=1S/C17H12N8O3S/c26-15-14(12-6-1-2-7-13(12)19-15)20-21-16-22-23-17(29)24(16)18-9-10-4-3-5-11(8-10)25(27)28/h1-9,19,26H,(H,23,29)/b18-9+,21-20?. The van der Waals surface area contributed by atoms with Crippen molar-refractivity contribution in [2.75, 3.05) is 0 Å². The number of rotatable bonds is 5. The van der Waals surface area contributed by atoms with Crippen molar-refractivity contribution in [1.82, 2.24) is 19.9 Å². The normalized spacial score (nSPS) is 11.7. The minimum Gasteiger partial charge on any atom is -0.493 e. The highest BCUT2D eigenvalue weighted by molar-refractivity contribution is 7.71. The Morgan fingerprint density at radius 3 is 2.86 bits per heavy atom. The smallest absolute Gasteiger partial charge is 0.289 e. The third-order valence-electron chi connectivity index (χ3n) is 3.94. The second kappa shape index (κ2) is 7.44. The van der Waals surface area contributed by atoms with Crippen LogP contribution in [0.4, 0.5) is 17.3 Å². The zero-order valence-electron chi connectivity index (χ0n) is 14.6. The zero-order chi connectivity index (χ0) is 20.4. The number of azo groups is 1. The van der Waals surface area contributed by atoms with E-state index in [4.69, 9.17) is 12.2 Å². The van der Waals surface area contributed by atoms with Crippen molar-refractivity contribution < 1.29 is 10.0 Å². The lowest BCUT2D eigenvalue weighted by Gasteiger charge is -1.96. The molecule has 12 heteroatoms. The van der Waals surface area contributed by atoms with E-state index >= 15 is 0 Å². The summed E-state index contributed by atoms with van der Waals surface area (Å²) in [5.41, 5.74) is 1.41. The van der Waals surface area contributed by atoms with Crippen LogP contribution in [0.1, 0.15) is 5.56 Å². The highest BCUT2D eigenvalue weighted by Crippen LogP contribution is 2.35. The van der Waals surface area contributed by atoms with Crippen LogP contribution in [-0.2, 0) is 0 Å². The van der Waals surface area contributed by atoms with Gasteiger partial charge in [-0.1, -0.05) is 30.3 Å². The van der Waals surface area contributed by atoms with Gasteiger partial charge in [0, 0.05) is 23.1 Å².